The summed E-state index contributed by atoms with van der Waals surface area (Å²) in [6.45, 7) is 1.36. The fraction of sp³-hybridized carbons (Fsp3) is 1.00. The van der Waals surface area contributed by atoms with Gasteiger partial charge in [0.15, 0.2) is 0 Å². The second kappa shape index (κ2) is 5.95. The van der Waals surface area contributed by atoms with Gasteiger partial charge in [-0.2, -0.15) is 0 Å². The average Bonchev–Trinajstić information content (AvgIpc) is 2.65. The lowest BCUT2D eigenvalue weighted by atomic mass is 9.99. The number of sulfonamides is 1. The molecule has 1 aliphatic rings. The van der Waals surface area contributed by atoms with E-state index in [1.54, 1.807) is 0 Å². The van der Waals surface area contributed by atoms with Crippen molar-refractivity contribution in [3.63, 3.8) is 0 Å². The molecule has 0 aromatic carbocycles. The van der Waals surface area contributed by atoms with Crippen LogP contribution in [0.1, 0.15) is 32.1 Å². The Balaban J connectivity index is 2.15. The highest BCUT2D eigenvalue weighted by Gasteiger charge is 2.31. The van der Waals surface area contributed by atoms with Gasteiger partial charge in [0.25, 0.3) is 0 Å². The third-order valence-corrected chi connectivity index (χ3v) is 3.81. The van der Waals surface area contributed by atoms with Crippen LogP contribution in [-0.2, 0) is 10.0 Å². The van der Waals surface area contributed by atoms with Crippen molar-refractivity contribution in [3.05, 3.63) is 0 Å². The van der Waals surface area contributed by atoms with Crippen LogP contribution in [0.5, 0.6) is 0 Å². The largest absolute Gasteiger partial charge is 0.394 e. The molecule has 0 aromatic heterocycles. The zero-order valence-electron chi connectivity index (χ0n) is 9.83. The van der Waals surface area contributed by atoms with E-state index in [1.165, 1.54) is 0 Å². The molecule has 16 heavy (non-hydrogen) atoms. The predicted molar refractivity (Wildman–Crippen MR) is 63.8 cm³/mol. The van der Waals surface area contributed by atoms with Crippen LogP contribution >= 0.6 is 0 Å². The maximum Gasteiger partial charge on any atom is 0.208 e. The van der Waals surface area contributed by atoms with Crippen molar-refractivity contribution < 1.29 is 13.5 Å². The van der Waals surface area contributed by atoms with Crippen LogP contribution in [0.4, 0.5) is 0 Å². The van der Waals surface area contributed by atoms with Crippen molar-refractivity contribution in [2.75, 3.05) is 26.0 Å². The molecule has 0 saturated heterocycles. The Morgan fingerprint density at radius 3 is 2.38 bits per heavy atom. The third kappa shape index (κ3) is 4.78. The zero-order valence-corrected chi connectivity index (χ0v) is 10.6. The topological polar surface area (TPSA) is 78.4 Å². The second-order valence-corrected chi connectivity index (χ2v) is 6.43. The van der Waals surface area contributed by atoms with Gasteiger partial charge in [-0.3, -0.25) is 0 Å². The quantitative estimate of drug-likeness (QED) is 0.548. The van der Waals surface area contributed by atoms with Crippen LogP contribution < -0.4 is 10.0 Å². The van der Waals surface area contributed by atoms with Gasteiger partial charge in [-0.1, -0.05) is 12.8 Å². The molecule has 0 amide bonds. The van der Waals surface area contributed by atoms with Gasteiger partial charge in [0.2, 0.25) is 10.0 Å². The molecule has 5 nitrogen and oxygen atoms in total. The van der Waals surface area contributed by atoms with Crippen molar-refractivity contribution in [2.45, 2.75) is 37.6 Å². The molecule has 0 aromatic rings. The Morgan fingerprint density at radius 2 is 1.88 bits per heavy atom. The van der Waals surface area contributed by atoms with Crippen LogP contribution in [0, 0.1) is 0 Å². The third-order valence-electron chi connectivity index (χ3n) is 3.08. The molecule has 1 rings (SSSR count). The molecule has 0 heterocycles. The molecule has 0 spiro atoms. The Hall–Kier alpha value is -0.170. The first kappa shape index (κ1) is 13.9. The minimum atomic E-state index is -3.07. The molecule has 0 atom stereocenters. The Morgan fingerprint density at radius 1 is 1.25 bits per heavy atom. The molecule has 96 valence electrons. The first-order valence-corrected chi connectivity index (χ1v) is 7.67. The van der Waals surface area contributed by atoms with Gasteiger partial charge in [-0.05, 0) is 25.8 Å². The number of rotatable bonds is 7. The number of hydrogen-bond donors (Lipinski definition) is 3. The predicted octanol–water partition coefficient (Wildman–Crippen LogP) is -0.180. The summed E-state index contributed by atoms with van der Waals surface area (Å²) in [6, 6.07) is 0. The van der Waals surface area contributed by atoms with E-state index >= 15 is 0 Å². The summed E-state index contributed by atoms with van der Waals surface area (Å²) in [7, 11) is -3.07. The van der Waals surface area contributed by atoms with Crippen molar-refractivity contribution in [1.82, 2.24) is 10.0 Å². The van der Waals surface area contributed by atoms with Crippen LogP contribution in [0.25, 0.3) is 0 Å². The zero-order chi connectivity index (χ0) is 12.1. The number of hydrogen-bond acceptors (Lipinski definition) is 4. The minimum Gasteiger partial charge on any atom is -0.394 e. The molecular formula is C10H22N2O3S. The molecule has 6 heteroatoms. The summed E-state index contributed by atoms with van der Waals surface area (Å²) < 4.78 is 24.0. The SMILES string of the molecule is CS(=O)(=O)NCCCNC1(CO)CCCC1. The van der Waals surface area contributed by atoms with Crippen molar-refractivity contribution in [1.29, 1.82) is 0 Å². The number of aliphatic hydroxyl groups is 1. The maximum atomic E-state index is 10.8. The van der Waals surface area contributed by atoms with E-state index in [2.05, 4.69) is 10.0 Å². The molecule has 1 fully saturated rings. The van der Waals surface area contributed by atoms with Gasteiger partial charge in [0.1, 0.15) is 0 Å². The maximum absolute atomic E-state index is 10.8. The molecule has 3 N–H and O–H groups in total. The summed E-state index contributed by atoms with van der Waals surface area (Å²) in [5, 5.41) is 12.7. The van der Waals surface area contributed by atoms with Gasteiger partial charge in [0.05, 0.1) is 12.9 Å². The summed E-state index contributed by atoms with van der Waals surface area (Å²) in [5.41, 5.74) is -0.106. The lowest BCUT2D eigenvalue weighted by Gasteiger charge is -2.28. The summed E-state index contributed by atoms with van der Waals surface area (Å²) in [4.78, 5) is 0. The van der Waals surface area contributed by atoms with Gasteiger partial charge < -0.3 is 10.4 Å². The van der Waals surface area contributed by atoms with E-state index in [4.69, 9.17) is 0 Å². The molecule has 1 aliphatic carbocycles. The van der Waals surface area contributed by atoms with Crippen LogP contribution in [0.15, 0.2) is 0 Å². The summed E-state index contributed by atoms with van der Waals surface area (Å²) in [6.07, 6.45) is 6.26. The fourth-order valence-electron chi connectivity index (χ4n) is 2.14. The molecule has 0 radical (unpaired) electrons. The van der Waals surface area contributed by atoms with Crippen LogP contribution in [-0.4, -0.2) is 45.0 Å². The Kier molecular flexibility index (Phi) is 5.17. The van der Waals surface area contributed by atoms with Crippen molar-refractivity contribution in [2.24, 2.45) is 0 Å². The van der Waals surface area contributed by atoms with Crippen molar-refractivity contribution >= 4 is 10.0 Å². The molecule has 0 unspecified atom stereocenters. The second-order valence-electron chi connectivity index (χ2n) is 4.59. The van der Waals surface area contributed by atoms with Gasteiger partial charge in [0, 0.05) is 12.1 Å². The van der Waals surface area contributed by atoms with E-state index in [0.717, 1.165) is 44.9 Å². The van der Waals surface area contributed by atoms with Gasteiger partial charge in [-0.25, -0.2) is 13.1 Å². The van der Waals surface area contributed by atoms with E-state index in [9.17, 15) is 13.5 Å². The smallest absolute Gasteiger partial charge is 0.208 e. The van der Waals surface area contributed by atoms with Gasteiger partial charge in [-0.15, -0.1) is 0 Å². The molecule has 1 saturated carbocycles. The highest BCUT2D eigenvalue weighted by Crippen LogP contribution is 2.28. The standard InChI is InChI=1S/C10H22N2O3S/c1-16(14,15)12-8-4-7-11-10(9-13)5-2-3-6-10/h11-13H,2-9H2,1H3. The van der Waals surface area contributed by atoms with Crippen LogP contribution in [0.3, 0.4) is 0 Å². The van der Waals surface area contributed by atoms with Crippen LogP contribution in [0.2, 0.25) is 0 Å². The van der Waals surface area contributed by atoms with Gasteiger partial charge >= 0.3 is 0 Å². The lowest BCUT2D eigenvalue weighted by molar-refractivity contribution is 0.164. The Labute approximate surface area is 97.7 Å². The molecule has 0 aliphatic heterocycles. The number of aliphatic hydroxyl groups excluding tert-OH is 1. The molecule has 0 bridgehead atoms. The first-order chi connectivity index (χ1) is 7.47. The summed E-state index contributed by atoms with van der Waals surface area (Å²) >= 11 is 0. The number of nitrogens with one attached hydrogen (secondary N) is 2. The van der Waals surface area contributed by atoms with E-state index < -0.39 is 10.0 Å². The molecular weight excluding hydrogens is 228 g/mol. The lowest BCUT2D eigenvalue weighted by Crippen LogP contribution is -2.46. The van der Waals surface area contributed by atoms with E-state index in [0.29, 0.717) is 6.54 Å². The van der Waals surface area contributed by atoms with E-state index in [-0.39, 0.29) is 12.1 Å². The average molecular weight is 250 g/mol. The highest BCUT2D eigenvalue weighted by molar-refractivity contribution is 7.88. The van der Waals surface area contributed by atoms with Crippen molar-refractivity contribution in [3.8, 4) is 0 Å². The van der Waals surface area contributed by atoms with E-state index in [1.807, 2.05) is 0 Å². The normalized spacial score (nSPS) is 20.1. The fourth-order valence-corrected chi connectivity index (χ4v) is 2.66. The highest BCUT2D eigenvalue weighted by atomic mass is 32.2. The summed E-state index contributed by atoms with van der Waals surface area (Å²) in [5.74, 6) is 0. The first-order valence-electron chi connectivity index (χ1n) is 5.78. The Bertz CT molecular complexity index is 297. The monoisotopic (exact) mass is 250 g/mol. The minimum absolute atomic E-state index is 0.106.